The molecule has 1 aromatic carbocycles. The minimum absolute atomic E-state index is 0.113. The lowest BCUT2D eigenvalue weighted by molar-refractivity contribution is -0.385. The number of rotatable bonds is 5. The molecule has 0 radical (unpaired) electrons. The van der Waals surface area contributed by atoms with Gasteiger partial charge in [0.2, 0.25) is 0 Å². The summed E-state index contributed by atoms with van der Waals surface area (Å²) in [5.41, 5.74) is -0.136. The van der Waals surface area contributed by atoms with Crippen LogP contribution in [0.2, 0.25) is 0 Å². The van der Waals surface area contributed by atoms with Crippen molar-refractivity contribution in [2.75, 3.05) is 19.7 Å². The standard InChI is InChI=1S/C20H25N5O4/c26-19(14-29-17-9-4-3-8-16(17)25(27)28)23-11-6-7-15(13-23)20-22-21-18-10-2-1-5-12-24(18)20/h3-4,8-9,15H,1-2,5-7,10-14H2. The van der Waals surface area contributed by atoms with E-state index in [2.05, 4.69) is 14.8 Å². The fraction of sp³-hybridized carbons (Fsp3) is 0.550. The third-order valence-corrected chi connectivity index (χ3v) is 5.69. The second-order valence-corrected chi connectivity index (χ2v) is 7.63. The number of carbonyl (C=O) groups is 1. The van der Waals surface area contributed by atoms with Crippen molar-refractivity contribution in [3.8, 4) is 5.75 Å². The Kier molecular flexibility index (Phi) is 5.73. The van der Waals surface area contributed by atoms with Gasteiger partial charge < -0.3 is 14.2 Å². The molecule has 1 aromatic heterocycles. The third kappa shape index (κ3) is 4.23. The number of para-hydroxylation sites is 2. The first-order chi connectivity index (χ1) is 14.1. The number of nitro benzene ring substituents is 1. The molecule has 154 valence electrons. The number of aryl methyl sites for hydroxylation is 1. The van der Waals surface area contributed by atoms with Crippen molar-refractivity contribution in [1.82, 2.24) is 19.7 Å². The molecule has 1 saturated heterocycles. The van der Waals surface area contributed by atoms with Gasteiger partial charge in [0.15, 0.2) is 12.4 Å². The van der Waals surface area contributed by atoms with Crippen molar-refractivity contribution in [2.24, 2.45) is 0 Å². The number of hydrogen-bond donors (Lipinski definition) is 0. The van der Waals surface area contributed by atoms with Gasteiger partial charge in [-0.25, -0.2) is 0 Å². The minimum Gasteiger partial charge on any atom is -0.477 e. The van der Waals surface area contributed by atoms with E-state index >= 15 is 0 Å². The number of aromatic nitrogens is 3. The Morgan fingerprint density at radius 1 is 1.17 bits per heavy atom. The zero-order chi connectivity index (χ0) is 20.2. The molecule has 0 N–H and O–H groups in total. The molecular formula is C20H25N5O4. The van der Waals surface area contributed by atoms with Gasteiger partial charge in [0.05, 0.1) is 4.92 Å². The maximum absolute atomic E-state index is 12.7. The summed E-state index contributed by atoms with van der Waals surface area (Å²) in [6.45, 7) is 1.98. The van der Waals surface area contributed by atoms with E-state index in [4.69, 9.17) is 4.74 Å². The second-order valence-electron chi connectivity index (χ2n) is 7.63. The molecule has 2 aromatic rings. The van der Waals surface area contributed by atoms with Crippen LogP contribution in [-0.4, -0.2) is 50.2 Å². The van der Waals surface area contributed by atoms with Crippen LogP contribution in [0.1, 0.15) is 49.7 Å². The van der Waals surface area contributed by atoms with E-state index in [1.54, 1.807) is 17.0 Å². The van der Waals surface area contributed by atoms with Crippen LogP contribution in [0.15, 0.2) is 24.3 Å². The van der Waals surface area contributed by atoms with E-state index < -0.39 is 4.92 Å². The van der Waals surface area contributed by atoms with Gasteiger partial charge in [0, 0.05) is 38.0 Å². The molecule has 0 spiro atoms. The average Bonchev–Trinajstić information content (AvgIpc) is 3.00. The number of fused-ring (bicyclic) bond motifs is 1. The monoisotopic (exact) mass is 399 g/mol. The first-order valence-electron chi connectivity index (χ1n) is 10.2. The van der Waals surface area contributed by atoms with Crippen LogP contribution in [0, 0.1) is 10.1 Å². The highest BCUT2D eigenvalue weighted by atomic mass is 16.6. The number of amides is 1. The van der Waals surface area contributed by atoms with Gasteiger partial charge >= 0.3 is 5.69 Å². The highest BCUT2D eigenvalue weighted by molar-refractivity contribution is 5.78. The number of benzene rings is 1. The summed E-state index contributed by atoms with van der Waals surface area (Å²) in [6, 6.07) is 6.11. The van der Waals surface area contributed by atoms with E-state index in [0.717, 1.165) is 50.3 Å². The lowest BCUT2D eigenvalue weighted by atomic mass is 9.97. The van der Waals surface area contributed by atoms with Crippen LogP contribution in [0.3, 0.4) is 0 Å². The van der Waals surface area contributed by atoms with Gasteiger partial charge in [-0.1, -0.05) is 18.6 Å². The van der Waals surface area contributed by atoms with Crippen LogP contribution >= 0.6 is 0 Å². The van der Waals surface area contributed by atoms with Crippen molar-refractivity contribution in [3.05, 3.63) is 46.0 Å². The third-order valence-electron chi connectivity index (χ3n) is 5.69. The molecule has 3 heterocycles. The van der Waals surface area contributed by atoms with Gasteiger partial charge in [-0.15, -0.1) is 10.2 Å². The number of likely N-dealkylation sites (tertiary alicyclic amines) is 1. The minimum atomic E-state index is -0.506. The molecule has 9 nitrogen and oxygen atoms in total. The van der Waals surface area contributed by atoms with Crippen LogP contribution in [0.25, 0.3) is 0 Å². The van der Waals surface area contributed by atoms with Gasteiger partial charge in [-0.05, 0) is 31.7 Å². The molecule has 29 heavy (non-hydrogen) atoms. The number of nitrogens with zero attached hydrogens (tertiary/aromatic N) is 5. The zero-order valence-corrected chi connectivity index (χ0v) is 16.3. The first-order valence-corrected chi connectivity index (χ1v) is 10.2. The SMILES string of the molecule is O=C(COc1ccccc1[N+](=O)[O-])N1CCCC(c2nnc3n2CCCCC3)C1. The summed E-state index contributed by atoms with van der Waals surface area (Å²) in [6.07, 6.45) is 6.33. The predicted octanol–water partition coefficient (Wildman–Crippen LogP) is 2.70. The summed E-state index contributed by atoms with van der Waals surface area (Å²) in [5, 5.41) is 19.9. The lowest BCUT2D eigenvalue weighted by Crippen LogP contribution is -2.42. The second kappa shape index (κ2) is 8.59. The quantitative estimate of drug-likeness (QED) is 0.566. The Hall–Kier alpha value is -2.97. The summed E-state index contributed by atoms with van der Waals surface area (Å²) in [5.74, 6) is 2.16. The smallest absolute Gasteiger partial charge is 0.310 e. The molecule has 1 fully saturated rings. The van der Waals surface area contributed by atoms with Gasteiger partial charge in [0.1, 0.15) is 11.6 Å². The number of nitro groups is 1. The summed E-state index contributed by atoms with van der Waals surface area (Å²) in [4.78, 5) is 25.1. The van der Waals surface area contributed by atoms with Crippen molar-refractivity contribution < 1.29 is 14.5 Å². The summed E-state index contributed by atoms with van der Waals surface area (Å²) < 4.78 is 7.73. The molecule has 0 aliphatic carbocycles. The van der Waals surface area contributed by atoms with Crippen LogP contribution in [-0.2, 0) is 17.8 Å². The van der Waals surface area contributed by atoms with Crippen molar-refractivity contribution in [1.29, 1.82) is 0 Å². The molecule has 1 amide bonds. The largest absolute Gasteiger partial charge is 0.477 e. The number of piperidine rings is 1. The van der Waals surface area contributed by atoms with E-state index in [0.29, 0.717) is 13.1 Å². The molecule has 1 unspecified atom stereocenters. The van der Waals surface area contributed by atoms with Gasteiger partial charge in [-0.3, -0.25) is 14.9 Å². The topological polar surface area (TPSA) is 103 Å². The summed E-state index contributed by atoms with van der Waals surface area (Å²) in [7, 11) is 0. The normalized spacial score (nSPS) is 19.3. The maximum atomic E-state index is 12.7. The highest BCUT2D eigenvalue weighted by Crippen LogP contribution is 2.29. The fourth-order valence-corrected chi connectivity index (χ4v) is 4.18. The van der Waals surface area contributed by atoms with Crippen molar-refractivity contribution in [3.63, 3.8) is 0 Å². The molecule has 9 heteroatoms. The number of ether oxygens (including phenoxy) is 1. The highest BCUT2D eigenvalue weighted by Gasteiger charge is 2.30. The molecular weight excluding hydrogens is 374 g/mol. The molecule has 2 aliphatic heterocycles. The first kappa shape index (κ1) is 19.4. The van der Waals surface area contributed by atoms with Crippen LogP contribution in [0.5, 0.6) is 5.75 Å². The van der Waals surface area contributed by atoms with Crippen LogP contribution in [0.4, 0.5) is 5.69 Å². The Morgan fingerprint density at radius 3 is 2.90 bits per heavy atom. The zero-order valence-electron chi connectivity index (χ0n) is 16.3. The number of carbonyl (C=O) groups excluding carboxylic acids is 1. The Morgan fingerprint density at radius 2 is 2.03 bits per heavy atom. The van der Waals surface area contributed by atoms with Crippen molar-refractivity contribution >= 4 is 11.6 Å². The van der Waals surface area contributed by atoms with E-state index in [-0.39, 0.29) is 29.9 Å². The molecule has 4 rings (SSSR count). The molecule has 2 aliphatic rings. The average molecular weight is 399 g/mol. The lowest BCUT2D eigenvalue weighted by Gasteiger charge is -2.32. The summed E-state index contributed by atoms with van der Waals surface area (Å²) >= 11 is 0. The Labute approximate surface area is 168 Å². The molecule has 0 bridgehead atoms. The van der Waals surface area contributed by atoms with Crippen molar-refractivity contribution in [2.45, 2.75) is 51.0 Å². The van der Waals surface area contributed by atoms with Gasteiger partial charge in [0.25, 0.3) is 5.91 Å². The Balaban J connectivity index is 1.41. The van der Waals surface area contributed by atoms with Gasteiger partial charge in [-0.2, -0.15) is 0 Å². The maximum Gasteiger partial charge on any atom is 0.310 e. The van der Waals surface area contributed by atoms with E-state index in [1.165, 1.54) is 18.6 Å². The Bertz CT molecular complexity index is 897. The van der Waals surface area contributed by atoms with E-state index in [1.807, 2.05) is 0 Å². The number of hydrogen-bond acceptors (Lipinski definition) is 6. The molecule has 1 atom stereocenters. The molecule has 0 saturated carbocycles. The fourth-order valence-electron chi connectivity index (χ4n) is 4.18. The van der Waals surface area contributed by atoms with Crippen LogP contribution < -0.4 is 4.74 Å². The predicted molar refractivity (Wildman–Crippen MR) is 105 cm³/mol. The van der Waals surface area contributed by atoms with E-state index in [9.17, 15) is 14.9 Å².